The third-order valence-corrected chi connectivity index (χ3v) is 4.26. The van der Waals surface area contributed by atoms with Gasteiger partial charge < -0.3 is 0 Å². The van der Waals surface area contributed by atoms with Crippen LogP contribution in [0, 0.1) is 27.7 Å². The van der Waals surface area contributed by atoms with Crippen LogP contribution in [0.5, 0.6) is 0 Å². The molecular formula is C13H19N5S. The number of hydrogen-bond acceptors (Lipinski definition) is 6. The highest BCUT2D eigenvalue weighted by Gasteiger charge is 2.17. The van der Waals surface area contributed by atoms with Crippen LogP contribution in [0.2, 0.25) is 0 Å². The number of hydrogen-bond donors (Lipinski definition) is 2. The average molecular weight is 277 g/mol. The minimum absolute atomic E-state index is 0.0131. The zero-order valence-electron chi connectivity index (χ0n) is 11.7. The highest BCUT2D eigenvalue weighted by Crippen LogP contribution is 2.24. The molecule has 0 saturated carbocycles. The molecule has 5 nitrogen and oxygen atoms in total. The van der Waals surface area contributed by atoms with Crippen molar-refractivity contribution in [1.82, 2.24) is 20.6 Å². The SMILES string of the molecule is Cc1cc(C(Cc2nc(C)c(C)s2)NN)c(C)nn1. The van der Waals surface area contributed by atoms with Gasteiger partial charge in [0, 0.05) is 11.3 Å². The Labute approximate surface area is 117 Å². The molecule has 2 aromatic rings. The van der Waals surface area contributed by atoms with E-state index in [4.69, 9.17) is 5.84 Å². The molecule has 0 fully saturated rings. The summed E-state index contributed by atoms with van der Waals surface area (Å²) in [5.74, 6) is 5.70. The van der Waals surface area contributed by atoms with Gasteiger partial charge in [-0.05, 0) is 39.3 Å². The van der Waals surface area contributed by atoms with Gasteiger partial charge in [0.25, 0.3) is 0 Å². The molecule has 2 aromatic heterocycles. The van der Waals surface area contributed by atoms with Crippen LogP contribution in [0.15, 0.2) is 6.07 Å². The molecule has 0 aromatic carbocycles. The van der Waals surface area contributed by atoms with Gasteiger partial charge in [-0.3, -0.25) is 11.3 Å². The molecule has 0 bridgehead atoms. The molecule has 0 saturated heterocycles. The molecule has 0 radical (unpaired) electrons. The topological polar surface area (TPSA) is 76.7 Å². The first-order chi connectivity index (χ1) is 9.01. The number of aryl methyl sites for hydroxylation is 4. The lowest BCUT2D eigenvalue weighted by molar-refractivity contribution is 0.542. The maximum absolute atomic E-state index is 5.70. The molecule has 19 heavy (non-hydrogen) atoms. The largest absolute Gasteiger partial charge is 0.271 e. The molecule has 1 unspecified atom stereocenters. The zero-order valence-corrected chi connectivity index (χ0v) is 12.5. The van der Waals surface area contributed by atoms with E-state index in [1.165, 1.54) is 4.88 Å². The molecule has 6 heteroatoms. The molecular weight excluding hydrogens is 258 g/mol. The van der Waals surface area contributed by atoms with E-state index in [0.29, 0.717) is 0 Å². The van der Waals surface area contributed by atoms with Crippen molar-refractivity contribution in [3.8, 4) is 0 Å². The lowest BCUT2D eigenvalue weighted by Gasteiger charge is -2.16. The summed E-state index contributed by atoms with van der Waals surface area (Å²) in [6, 6.07) is 2.04. The Balaban J connectivity index is 2.27. The minimum Gasteiger partial charge on any atom is -0.271 e. The average Bonchev–Trinajstić information content (AvgIpc) is 2.69. The van der Waals surface area contributed by atoms with Gasteiger partial charge in [-0.1, -0.05) is 0 Å². The van der Waals surface area contributed by atoms with Crippen molar-refractivity contribution in [3.63, 3.8) is 0 Å². The predicted octanol–water partition coefficient (Wildman–Crippen LogP) is 1.91. The summed E-state index contributed by atoms with van der Waals surface area (Å²) < 4.78 is 0. The molecule has 0 aliphatic carbocycles. The van der Waals surface area contributed by atoms with Gasteiger partial charge in [-0.25, -0.2) is 4.98 Å². The standard InChI is InChI=1S/C13H19N5S/c1-7-5-11(9(3)18-17-7)12(16-14)6-13-15-8(2)10(4)19-13/h5,12,16H,6,14H2,1-4H3. The van der Waals surface area contributed by atoms with Gasteiger partial charge >= 0.3 is 0 Å². The van der Waals surface area contributed by atoms with Crippen LogP contribution in [0.4, 0.5) is 0 Å². The van der Waals surface area contributed by atoms with Crippen molar-refractivity contribution < 1.29 is 0 Å². The highest BCUT2D eigenvalue weighted by molar-refractivity contribution is 7.11. The van der Waals surface area contributed by atoms with Gasteiger partial charge in [0.2, 0.25) is 0 Å². The van der Waals surface area contributed by atoms with Crippen molar-refractivity contribution in [2.75, 3.05) is 0 Å². The van der Waals surface area contributed by atoms with E-state index in [9.17, 15) is 0 Å². The summed E-state index contributed by atoms with van der Waals surface area (Å²) in [5, 5.41) is 9.29. The van der Waals surface area contributed by atoms with Gasteiger partial charge in [0.05, 0.1) is 28.1 Å². The van der Waals surface area contributed by atoms with E-state index >= 15 is 0 Å². The van der Waals surface area contributed by atoms with Gasteiger partial charge in [-0.2, -0.15) is 10.2 Å². The van der Waals surface area contributed by atoms with Crippen LogP contribution in [0.25, 0.3) is 0 Å². The Morgan fingerprint density at radius 2 is 1.95 bits per heavy atom. The van der Waals surface area contributed by atoms with Crippen LogP contribution in [-0.4, -0.2) is 15.2 Å². The second kappa shape index (κ2) is 5.73. The Morgan fingerprint density at radius 1 is 1.21 bits per heavy atom. The molecule has 0 aliphatic rings. The summed E-state index contributed by atoms with van der Waals surface area (Å²) in [6.45, 7) is 8.00. The van der Waals surface area contributed by atoms with E-state index in [-0.39, 0.29) is 6.04 Å². The molecule has 0 amide bonds. The van der Waals surface area contributed by atoms with Crippen LogP contribution >= 0.6 is 11.3 Å². The van der Waals surface area contributed by atoms with E-state index in [2.05, 4.69) is 27.5 Å². The van der Waals surface area contributed by atoms with E-state index in [0.717, 1.165) is 34.1 Å². The molecule has 0 aliphatic heterocycles. The van der Waals surface area contributed by atoms with Gasteiger partial charge in [0.1, 0.15) is 0 Å². The summed E-state index contributed by atoms with van der Waals surface area (Å²) in [4.78, 5) is 5.82. The number of nitrogens with one attached hydrogen (secondary N) is 1. The van der Waals surface area contributed by atoms with Gasteiger partial charge in [0.15, 0.2) is 0 Å². The molecule has 2 heterocycles. The van der Waals surface area contributed by atoms with Crippen LogP contribution in [0.1, 0.15) is 38.6 Å². The van der Waals surface area contributed by atoms with Crippen molar-refractivity contribution in [3.05, 3.63) is 38.6 Å². The molecule has 3 N–H and O–H groups in total. The first-order valence-electron chi connectivity index (χ1n) is 6.21. The van der Waals surface area contributed by atoms with Crippen molar-refractivity contribution in [1.29, 1.82) is 0 Å². The first-order valence-corrected chi connectivity index (χ1v) is 7.02. The number of hydrazine groups is 1. The predicted molar refractivity (Wildman–Crippen MR) is 76.9 cm³/mol. The fourth-order valence-corrected chi connectivity index (χ4v) is 2.96. The van der Waals surface area contributed by atoms with Crippen LogP contribution in [-0.2, 0) is 6.42 Å². The zero-order chi connectivity index (χ0) is 14.0. The van der Waals surface area contributed by atoms with Crippen molar-refractivity contribution >= 4 is 11.3 Å². The molecule has 0 spiro atoms. The second-order valence-electron chi connectivity index (χ2n) is 4.70. The smallest absolute Gasteiger partial charge is 0.0950 e. The Hall–Kier alpha value is -1.37. The third-order valence-electron chi connectivity index (χ3n) is 3.17. The summed E-state index contributed by atoms with van der Waals surface area (Å²) in [5.41, 5.74) is 6.84. The normalized spacial score (nSPS) is 12.7. The number of thiazole rings is 1. The summed E-state index contributed by atoms with van der Waals surface area (Å²) >= 11 is 1.72. The maximum Gasteiger partial charge on any atom is 0.0950 e. The van der Waals surface area contributed by atoms with Crippen LogP contribution in [0.3, 0.4) is 0 Å². The number of aromatic nitrogens is 3. The Kier molecular flexibility index (Phi) is 4.24. The van der Waals surface area contributed by atoms with Crippen molar-refractivity contribution in [2.24, 2.45) is 5.84 Å². The quantitative estimate of drug-likeness (QED) is 0.659. The van der Waals surface area contributed by atoms with Gasteiger partial charge in [-0.15, -0.1) is 11.3 Å². The first kappa shape index (κ1) is 14.0. The van der Waals surface area contributed by atoms with E-state index < -0.39 is 0 Å². The number of nitrogens with zero attached hydrogens (tertiary/aromatic N) is 3. The number of rotatable bonds is 4. The lowest BCUT2D eigenvalue weighted by atomic mass is 10.0. The Bertz CT molecular complexity index is 559. The fraction of sp³-hybridized carbons (Fsp3) is 0.462. The Morgan fingerprint density at radius 3 is 2.53 bits per heavy atom. The van der Waals surface area contributed by atoms with E-state index in [1.54, 1.807) is 11.3 Å². The minimum atomic E-state index is 0.0131. The summed E-state index contributed by atoms with van der Waals surface area (Å²) in [7, 11) is 0. The van der Waals surface area contributed by atoms with E-state index in [1.807, 2.05) is 26.8 Å². The maximum atomic E-state index is 5.70. The highest BCUT2D eigenvalue weighted by atomic mass is 32.1. The monoisotopic (exact) mass is 277 g/mol. The molecule has 1 atom stereocenters. The number of nitrogens with two attached hydrogens (primary N) is 1. The summed E-state index contributed by atoms with van der Waals surface area (Å²) in [6.07, 6.45) is 0.766. The van der Waals surface area contributed by atoms with Crippen LogP contribution < -0.4 is 11.3 Å². The molecule has 2 rings (SSSR count). The fourth-order valence-electron chi connectivity index (χ4n) is 1.98. The lowest BCUT2D eigenvalue weighted by Crippen LogP contribution is -2.30. The molecule has 102 valence electrons. The second-order valence-corrected chi connectivity index (χ2v) is 5.99. The third kappa shape index (κ3) is 3.15. The van der Waals surface area contributed by atoms with Crippen molar-refractivity contribution in [2.45, 2.75) is 40.2 Å².